The second-order valence-electron chi connectivity index (χ2n) is 6.95. The van der Waals surface area contributed by atoms with Gasteiger partial charge in [0.25, 0.3) is 5.56 Å². The third kappa shape index (κ3) is 4.37. The van der Waals surface area contributed by atoms with Crippen molar-refractivity contribution in [2.45, 2.75) is 20.8 Å². The van der Waals surface area contributed by atoms with Crippen LogP contribution in [-0.2, 0) is 0 Å². The molecule has 5 nitrogen and oxygen atoms in total. The Morgan fingerprint density at radius 1 is 1.21 bits per heavy atom. The molecule has 0 amide bonds. The van der Waals surface area contributed by atoms with Crippen molar-refractivity contribution in [3.8, 4) is 11.5 Å². The normalized spacial score (nSPS) is 11.9. The van der Waals surface area contributed by atoms with E-state index in [4.69, 9.17) is 21.1 Å². The highest BCUT2D eigenvalue weighted by atomic mass is 35.5. The molecule has 0 aliphatic heterocycles. The number of benzene rings is 1. The van der Waals surface area contributed by atoms with Gasteiger partial charge in [-0.3, -0.25) is 9.20 Å². The quantitative estimate of drug-likeness (QED) is 0.599. The Hall–Kier alpha value is -2.79. The topological polar surface area (TPSA) is 52.8 Å². The van der Waals surface area contributed by atoms with Gasteiger partial charge in [-0.25, -0.2) is 4.98 Å². The highest BCUT2D eigenvalue weighted by Crippen LogP contribution is 2.30. The summed E-state index contributed by atoms with van der Waals surface area (Å²) in [4.78, 5) is 17.0. The van der Waals surface area contributed by atoms with Gasteiger partial charge in [0, 0.05) is 11.8 Å². The predicted molar refractivity (Wildman–Crippen MR) is 113 cm³/mol. The van der Waals surface area contributed by atoms with E-state index in [-0.39, 0.29) is 5.56 Å². The average molecular weight is 399 g/mol. The molecule has 6 heteroatoms. The van der Waals surface area contributed by atoms with Crippen molar-refractivity contribution in [2.24, 2.45) is 5.92 Å². The summed E-state index contributed by atoms with van der Waals surface area (Å²) in [5, 5.41) is 0.376. The number of hydrogen-bond acceptors (Lipinski definition) is 4. The molecule has 0 aliphatic carbocycles. The fraction of sp³-hybridized carbons (Fsp3) is 0.273. The van der Waals surface area contributed by atoms with Crippen LogP contribution in [0.5, 0.6) is 11.5 Å². The van der Waals surface area contributed by atoms with Crippen LogP contribution in [0.25, 0.3) is 16.8 Å². The average Bonchev–Trinajstić information content (AvgIpc) is 2.66. The Morgan fingerprint density at radius 3 is 2.71 bits per heavy atom. The van der Waals surface area contributed by atoms with Gasteiger partial charge >= 0.3 is 0 Å². The number of ether oxygens (including phenoxy) is 2. The van der Waals surface area contributed by atoms with E-state index >= 15 is 0 Å². The van der Waals surface area contributed by atoms with Crippen molar-refractivity contribution in [2.75, 3.05) is 13.7 Å². The third-order valence-electron chi connectivity index (χ3n) is 4.18. The fourth-order valence-electron chi connectivity index (χ4n) is 2.81. The summed E-state index contributed by atoms with van der Waals surface area (Å²) in [5.41, 5.74) is 2.47. The van der Waals surface area contributed by atoms with E-state index < -0.39 is 0 Å². The zero-order valence-corrected chi connectivity index (χ0v) is 17.2. The van der Waals surface area contributed by atoms with Gasteiger partial charge in [-0.2, -0.15) is 0 Å². The highest BCUT2D eigenvalue weighted by Gasteiger charge is 2.10. The minimum absolute atomic E-state index is 0.166. The van der Waals surface area contributed by atoms with Crippen molar-refractivity contribution in [1.29, 1.82) is 0 Å². The smallest absolute Gasteiger partial charge is 0.258 e. The maximum absolute atomic E-state index is 12.5. The minimum atomic E-state index is -0.166. The van der Waals surface area contributed by atoms with Crippen LogP contribution in [0.4, 0.5) is 0 Å². The predicted octanol–water partition coefficient (Wildman–Crippen LogP) is 4.78. The lowest BCUT2D eigenvalue weighted by molar-refractivity contribution is 0.257. The zero-order chi connectivity index (χ0) is 20.3. The molecule has 146 valence electrons. The van der Waals surface area contributed by atoms with E-state index in [2.05, 4.69) is 18.8 Å². The Balaban J connectivity index is 1.98. The van der Waals surface area contributed by atoms with Gasteiger partial charge in [-0.15, -0.1) is 0 Å². The molecule has 0 saturated heterocycles. The van der Waals surface area contributed by atoms with E-state index in [1.807, 2.05) is 37.3 Å². The molecule has 0 saturated carbocycles. The van der Waals surface area contributed by atoms with Crippen molar-refractivity contribution in [1.82, 2.24) is 9.38 Å². The lowest BCUT2D eigenvalue weighted by Crippen LogP contribution is -2.17. The molecule has 0 aliphatic rings. The number of hydrogen-bond donors (Lipinski definition) is 0. The van der Waals surface area contributed by atoms with E-state index in [0.29, 0.717) is 40.4 Å². The lowest BCUT2D eigenvalue weighted by atomic mass is 10.1. The first-order valence-corrected chi connectivity index (χ1v) is 9.44. The molecule has 28 heavy (non-hydrogen) atoms. The van der Waals surface area contributed by atoms with Crippen LogP contribution in [-0.4, -0.2) is 23.1 Å². The summed E-state index contributed by atoms with van der Waals surface area (Å²) >= 11 is 6.48. The number of halogens is 1. The van der Waals surface area contributed by atoms with Gasteiger partial charge in [0.15, 0.2) is 11.5 Å². The SMILES string of the molecule is COc1ccc(/C=C(\Cl)c2cc(=O)n3c(C)cccc3n2)cc1OCC(C)C. The number of aryl methyl sites for hydroxylation is 1. The second-order valence-corrected chi connectivity index (χ2v) is 7.36. The fourth-order valence-corrected chi connectivity index (χ4v) is 3.03. The number of rotatable bonds is 6. The van der Waals surface area contributed by atoms with Crippen molar-refractivity contribution < 1.29 is 9.47 Å². The van der Waals surface area contributed by atoms with Crippen LogP contribution in [0.3, 0.4) is 0 Å². The van der Waals surface area contributed by atoms with E-state index in [1.165, 1.54) is 6.07 Å². The number of methoxy groups -OCH3 is 1. The maximum atomic E-state index is 12.5. The zero-order valence-electron chi connectivity index (χ0n) is 16.4. The van der Waals surface area contributed by atoms with Crippen LogP contribution in [0.2, 0.25) is 0 Å². The molecular weight excluding hydrogens is 376 g/mol. The number of aromatic nitrogens is 2. The van der Waals surface area contributed by atoms with Gasteiger partial charge in [0.05, 0.1) is 24.4 Å². The molecule has 2 aromatic heterocycles. The Morgan fingerprint density at radius 2 is 2.00 bits per heavy atom. The molecule has 0 unspecified atom stereocenters. The molecular formula is C22H23ClN2O3. The standard InChI is InChI=1S/C22H23ClN2O3/c1-14(2)13-28-20-11-16(8-9-19(20)27-4)10-17(23)18-12-22(26)25-15(3)6-5-7-21(25)24-18/h5-12,14H,13H2,1-4H3/b17-10-. The van der Waals surface area contributed by atoms with Crippen LogP contribution >= 0.6 is 11.6 Å². The van der Waals surface area contributed by atoms with Crippen molar-refractivity contribution >= 4 is 28.4 Å². The first kappa shape index (κ1) is 20.0. The van der Waals surface area contributed by atoms with Crippen molar-refractivity contribution in [3.63, 3.8) is 0 Å². The molecule has 0 atom stereocenters. The first-order valence-electron chi connectivity index (χ1n) is 9.07. The van der Waals surface area contributed by atoms with Crippen LogP contribution in [0.15, 0.2) is 47.3 Å². The summed E-state index contributed by atoms with van der Waals surface area (Å²) in [6, 6.07) is 12.5. The highest BCUT2D eigenvalue weighted by molar-refractivity contribution is 6.51. The number of fused-ring (bicyclic) bond motifs is 1. The Bertz CT molecular complexity index is 1090. The largest absolute Gasteiger partial charge is 0.493 e. The lowest BCUT2D eigenvalue weighted by Gasteiger charge is -2.13. The van der Waals surface area contributed by atoms with E-state index in [1.54, 1.807) is 23.7 Å². The van der Waals surface area contributed by atoms with Gasteiger partial charge < -0.3 is 9.47 Å². The molecule has 2 heterocycles. The second kappa shape index (κ2) is 8.48. The Kier molecular flexibility index (Phi) is 6.05. The van der Waals surface area contributed by atoms with Gasteiger partial charge in [0.2, 0.25) is 0 Å². The van der Waals surface area contributed by atoms with E-state index in [9.17, 15) is 4.79 Å². The van der Waals surface area contributed by atoms with Crippen LogP contribution in [0, 0.1) is 12.8 Å². The first-order chi connectivity index (χ1) is 13.4. The summed E-state index contributed by atoms with van der Waals surface area (Å²) in [6.07, 6.45) is 1.76. The molecule has 0 bridgehead atoms. The summed E-state index contributed by atoms with van der Waals surface area (Å²) < 4.78 is 12.8. The van der Waals surface area contributed by atoms with Gasteiger partial charge in [-0.05, 0) is 48.7 Å². The van der Waals surface area contributed by atoms with Crippen LogP contribution in [0.1, 0.15) is 30.8 Å². The summed E-state index contributed by atoms with van der Waals surface area (Å²) in [6.45, 7) is 6.61. The van der Waals surface area contributed by atoms with Gasteiger partial charge in [-0.1, -0.05) is 37.6 Å². The molecule has 1 aromatic carbocycles. The molecule has 0 spiro atoms. The Labute approximate surface area is 169 Å². The van der Waals surface area contributed by atoms with Crippen LogP contribution < -0.4 is 15.0 Å². The van der Waals surface area contributed by atoms with E-state index in [0.717, 1.165) is 11.3 Å². The number of nitrogens with zero attached hydrogens (tertiary/aromatic N) is 2. The summed E-state index contributed by atoms with van der Waals surface area (Å²) in [7, 11) is 1.61. The molecule has 3 aromatic rings. The summed E-state index contributed by atoms with van der Waals surface area (Å²) in [5.74, 6) is 1.70. The molecule has 0 fully saturated rings. The van der Waals surface area contributed by atoms with Crippen molar-refractivity contribution in [3.05, 3.63) is 69.8 Å². The minimum Gasteiger partial charge on any atom is -0.493 e. The molecule has 3 rings (SSSR count). The number of pyridine rings is 1. The molecule has 0 N–H and O–H groups in total. The third-order valence-corrected chi connectivity index (χ3v) is 4.48. The monoisotopic (exact) mass is 398 g/mol. The molecule has 0 radical (unpaired) electrons. The maximum Gasteiger partial charge on any atom is 0.258 e. The van der Waals surface area contributed by atoms with Gasteiger partial charge in [0.1, 0.15) is 5.65 Å².